The molecule has 0 aliphatic rings. The van der Waals surface area contributed by atoms with Crippen molar-refractivity contribution in [2.75, 3.05) is 7.11 Å². The van der Waals surface area contributed by atoms with Gasteiger partial charge in [0.1, 0.15) is 0 Å². The summed E-state index contributed by atoms with van der Waals surface area (Å²) in [7, 11) is 1.41. The molecule has 3 rings (SSSR count). The number of benzene rings is 2. The number of aromatic hydroxyl groups is 1. The van der Waals surface area contributed by atoms with Gasteiger partial charge in [-0.2, -0.15) is 0 Å². The number of phenols is 1. The van der Waals surface area contributed by atoms with Crippen molar-refractivity contribution in [2.45, 2.75) is 6.92 Å². The minimum Gasteiger partial charge on any atom is -0.504 e. The molecule has 0 saturated heterocycles. The maximum Gasteiger partial charge on any atom is 0.338 e. The van der Waals surface area contributed by atoms with Crippen LogP contribution in [0.1, 0.15) is 15.9 Å². The topological polar surface area (TPSA) is 82.5 Å². The summed E-state index contributed by atoms with van der Waals surface area (Å²) < 4.78 is 5.17. The molecule has 0 spiro atoms. The van der Waals surface area contributed by atoms with Crippen LogP contribution in [0.4, 0.5) is 0 Å². The lowest BCUT2D eigenvalue weighted by Crippen LogP contribution is -2.03. The number of nitrogens with one attached hydrogen (secondary N) is 1. The number of aromatic amines is 1. The molecule has 0 bridgehead atoms. The standard InChI is InChI=1S/C15H13NO4/c1-7-10(15(18)19)12-11(13(17)14(7)20-2)8-5-3-4-6-9(8)16-12/h3-6,16-17H,1-2H3,(H,18,19). The van der Waals surface area contributed by atoms with Crippen LogP contribution in [0.15, 0.2) is 24.3 Å². The van der Waals surface area contributed by atoms with Crippen LogP contribution in [0.5, 0.6) is 11.5 Å². The van der Waals surface area contributed by atoms with Gasteiger partial charge in [-0.3, -0.25) is 0 Å². The van der Waals surface area contributed by atoms with Gasteiger partial charge in [-0.05, 0) is 13.0 Å². The van der Waals surface area contributed by atoms with Gasteiger partial charge in [-0.15, -0.1) is 0 Å². The fraction of sp³-hybridized carbons (Fsp3) is 0.133. The van der Waals surface area contributed by atoms with Gasteiger partial charge in [0.2, 0.25) is 0 Å². The summed E-state index contributed by atoms with van der Waals surface area (Å²) in [6, 6.07) is 7.34. The largest absolute Gasteiger partial charge is 0.504 e. The molecule has 5 nitrogen and oxygen atoms in total. The Labute approximate surface area is 114 Å². The van der Waals surface area contributed by atoms with E-state index in [1.54, 1.807) is 6.92 Å². The maximum atomic E-state index is 11.5. The Bertz CT molecular complexity index is 848. The van der Waals surface area contributed by atoms with Crippen LogP contribution in [-0.4, -0.2) is 28.3 Å². The van der Waals surface area contributed by atoms with Crippen LogP contribution in [0.25, 0.3) is 21.8 Å². The highest BCUT2D eigenvalue weighted by atomic mass is 16.5. The number of methoxy groups -OCH3 is 1. The van der Waals surface area contributed by atoms with E-state index < -0.39 is 5.97 Å². The number of ether oxygens (including phenoxy) is 1. The second-order valence-corrected chi connectivity index (χ2v) is 4.61. The fourth-order valence-electron chi connectivity index (χ4n) is 2.68. The lowest BCUT2D eigenvalue weighted by Gasteiger charge is -2.11. The van der Waals surface area contributed by atoms with Gasteiger partial charge in [-0.25, -0.2) is 4.79 Å². The van der Waals surface area contributed by atoms with Crippen LogP contribution in [0, 0.1) is 6.92 Å². The number of carboxylic acids is 1. The maximum absolute atomic E-state index is 11.5. The van der Waals surface area contributed by atoms with E-state index in [0.717, 1.165) is 10.9 Å². The molecule has 102 valence electrons. The molecule has 1 heterocycles. The second kappa shape index (κ2) is 4.16. The number of carbonyl (C=O) groups is 1. The van der Waals surface area contributed by atoms with E-state index in [1.807, 2.05) is 24.3 Å². The van der Waals surface area contributed by atoms with Crippen LogP contribution >= 0.6 is 0 Å². The molecule has 3 N–H and O–H groups in total. The first-order valence-corrected chi connectivity index (χ1v) is 6.09. The minimum atomic E-state index is -1.06. The average Bonchev–Trinajstić information content (AvgIpc) is 2.77. The van der Waals surface area contributed by atoms with E-state index >= 15 is 0 Å². The molecular weight excluding hydrogens is 258 g/mol. The number of fused-ring (bicyclic) bond motifs is 3. The summed E-state index contributed by atoms with van der Waals surface area (Å²) in [5.41, 5.74) is 1.70. The van der Waals surface area contributed by atoms with Crippen LogP contribution < -0.4 is 4.74 Å². The molecule has 1 aromatic heterocycles. The van der Waals surface area contributed by atoms with Gasteiger partial charge in [0.15, 0.2) is 11.5 Å². The number of para-hydroxylation sites is 1. The minimum absolute atomic E-state index is 0.0394. The molecule has 0 fully saturated rings. The summed E-state index contributed by atoms with van der Waals surface area (Å²) in [4.78, 5) is 14.6. The van der Waals surface area contributed by atoms with Crippen LogP contribution in [0.3, 0.4) is 0 Å². The zero-order chi connectivity index (χ0) is 14.4. The molecule has 20 heavy (non-hydrogen) atoms. The van der Waals surface area contributed by atoms with Crippen molar-refractivity contribution in [2.24, 2.45) is 0 Å². The van der Waals surface area contributed by atoms with E-state index in [1.165, 1.54) is 7.11 Å². The lowest BCUT2D eigenvalue weighted by atomic mass is 10.0. The van der Waals surface area contributed by atoms with Crippen LogP contribution in [-0.2, 0) is 0 Å². The zero-order valence-electron chi connectivity index (χ0n) is 11.0. The second-order valence-electron chi connectivity index (χ2n) is 4.61. The summed E-state index contributed by atoms with van der Waals surface area (Å²) in [5.74, 6) is -0.903. The van der Waals surface area contributed by atoms with Gasteiger partial charge >= 0.3 is 5.97 Å². The molecule has 5 heteroatoms. The number of aromatic carboxylic acids is 1. The van der Waals surface area contributed by atoms with Crippen molar-refractivity contribution in [1.29, 1.82) is 0 Å². The number of rotatable bonds is 2. The normalized spacial score (nSPS) is 11.1. The fourth-order valence-corrected chi connectivity index (χ4v) is 2.68. The Kier molecular flexibility index (Phi) is 2.57. The van der Waals surface area contributed by atoms with E-state index in [-0.39, 0.29) is 17.1 Å². The molecule has 0 aliphatic carbocycles. The Morgan fingerprint density at radius 1 is 1.30 bits per heavy atom. The highest BCUT2D eigenvalue weighted by Gasteiger charge is 2.24. The predicted molar refractivity (Wildman–Crippen MR) is 75.7 cm³/mol. The molecule has 0 amide bonds. The van der Waals surface area contributed by atoms with Crippen molar-refractivity contribution in [3.8, 4) is 11.5 Å². The quantitative estimate of drug-likeness (QED) is 0.669. The third-order valence-electron chi connectivity index (χ3n) is 3.54. The van der Waals surface area contributed by atoms with Crippen molar-refractivity contribution in [3.63, 3.8) is 0 Å². The molecule has 0 atom stereocenters. The van der Waals surface area contributed by atoms with Crippen molar-refractivity contribution >= 4 is 27.8 Å². The Hall–Kier alpha value is -2.69. The Balaban J connectivity index is 2.63. The summed E-state index contributed by atoms with van der Waals surface area (Å²) in [6.45, 7) is 1.62. The van der Waals surface area contributed by atoms with Gasteiger partial charge < -0.3 is 19.9 Å². The Morgan fingerprint density at radius 2 is 2.00 bits per heavy atom. The molecule has 3 aromatic rings. The summed E-state index contributed by atoms with van der Waals surface area (Å²) >= 11 is 0. The van der Waals surface area contributed by atoms with E-state index in [4.69, 9.17) is 4.74 Å². The predicted octanol–water partition coefficient (Wildman–Crippen LogP) is 3.04. The monoisotopic (exact) mass is 271 g/mol. The first kappa shape index (κ1) is 12.3. The smallest absolute Gasteiger partial charge is 0.338 e. The SMILES string of the molecule is COc1c(C)c(C(=O)O)c2[nH]c3ccccc3c2c1O. The van der Waals surface area contributed by atoms with Crippen LogP contribution in [0.2, 0.25) is 0 Å². The van der Waals surface area contributed by atoms with Gasteiger partial charge in [0.25, 0.3) is 0 Å². The zero-order valence-corrected chi connectivity index (χ0v) is 11.0. The number of carboxylic acid groups (broad SMARTS) is 1. The Morgan fingerprint density at radius 3 is 2.65 bits per heavy atom. The van der Waals surface area contributed by atoms with Crippen molar-refractivity contribution in [3.05, 3.63) is 35.4 Å². The molecule has 0 radical (unpaired) electrons. The molecule has 0 saturated carbocycles. The third-order valence-corrected chi connectivity index (χ3v) is 3.54. The number of hydrogen-bond donors (Lipinski definition) is 3. The van der Waals surface area contributed by atoms with Crippen molar-refractivity contribution < 1.29 is 19.7 Å². The first-order chi connectivity index (χ1) is 9.56. The number of H-pyrrole nitrogens is 1. The first-order valence-electron chi connectivity index (χ1n) is 6.09. The lowest BCUT2D eigenvalue weighted by molar-refractivity contribution is 0.0697. The number of phenolic OH excluding ortho intramolecular Hbond substituents is 1. The summed E-state index contributed by atoms with van der Waals surface area (Å²) in [6.07, 6.45) is 0. The molecule has 0 unspecified atom stereocenters. The summed E-state index contributed by atoms with van der Waals surface area (Å²) in [5, 5.41) is 21.1. The van der Waals surface area contributed by atoms with E-state index in [9.17, 15) is 15.0 Å². The van der Waals surface area contributed by atoms with Gasteiger partial charge in [0, 0.05) is 16.5 Å². The highest BCUT2D eigenvalue weighted by molar-refractivity contribution is 6.17. The molecular formula is C15H13NO4. The highest BCUT2D eigenvalue weighted by Crippen LogP contribution is 2.43. The van der Waals surface area contributed by atoms with Crippen molar-refractivity contribution in [1.82, 2.24) is 4.98 Å². The number of aromatic nitrogens is 1. The number of hydrogen-bond acceptors (Lipinski definition) is 3. The van der Waals surface area contributed by atoms with E-state index in [0.29, 0.717) is 16.5 Å². The average molecular weight is 271 g/mol. The molecule has 2 aromatic carbocycles. The molecule has 0 aliphatic heterocycles. The third kappa shape index (κ3) is 1.46. The van der Waals surface area contributed by atoms with E-state index in [2.05, 4.69) is 4.98 Å². The van der Waals surface area contributed by atoms with Gasteiger partial charge in [-0.1, -0.05) is 18.2 Å². The van der Waals surface area contributed by atoms with Gasteiger partial charge in [0.05, 0.1) is 23.6 Å².